The fourth-order valence-electron chi connectivity index (χ4n) is 2.89. The van der Waals surface area contributed by atoms with E-state index in [1.54, 1.807) is 0 Å². The second-order valence-electron chi connectivity index (χ2n) is 5.60. The summed E-state index contributed by atoms with van der Waals surface area (Å²) in [4.78, 5) is 2.35. The second-order valence-corrected chi connectivity index (χ2v) is 5.60. The van der Waals surface area contributed by atoms with E-state index in [4.69, 9.17) is 0 Å². The van der Waals surface area contributed by atoms with Gasteiger partial charge >= 0.3 is 0 Å². The fraction of sp³-hybridized carbons (Fsp3) is 0.263. The van der Waals surface area contributed by atoms with Crippen molar-refractivity contribution in [3.05, 3.63) is 83.9 Å². The molecule has 0 amide bonds. The number of aliphatic hydroxyl groups is 1. The van der Waals surface area contributed by atoms with Crippen molar-refractivity contribution in [1.82, 2.24) is 4.90 Å². The average Bonchev–Trinajstić information content (AvgIpc) is 2.95. The molecule has 0 aromatic heterocycles. The van der Waals surface area contributed by atoms with E-state index in [0.29, 0.717) is 0 Å². The van der Waals surface area contributed by atoms with E-state index in [0.717, 1.165) is 19.5 Å². The molecule has 0 fully saturated rings. The van der Waals surface area contributed by atoms with Crippen molar-refractivity contribution in [3.8, 4) is 0 Å². The molecule has 21 heavy (non-hydrogen) atoms. The molecular weight excluding hydrogens is 258 g/mol. The van der Waals surface area contributed by atoms with Gasteiger partial charge < -0.3 is 5.11 Å². The van der Waals surface area contributed by atoms with Crippen molar-refractivity contribution in [2.24, 2.45) is 0 Å². The Morgan fingerprint density at radius 1 is 0.857 bits per heavy atom. The summed E-state index contributed by atoms with van der Waals surface area (Å²) in [5, 5.41) is 10.2. The minimum absolute atomic E-state index is 0.102. The van der Waals surface area contributed by atoms with Gasteiger partial charge in [0.25, 0.3) is 0 Å². The Bertz CT molecular complexity index is 538. The molecule has 0 saturated carbocycles. The number of hydrogen-bond donors (Lipinski definition) is 1. The largest absolute Gasteiger partial charge is 0.391 e. The van der Waals surface area contributed by atoms with Gasteiger partial charge in [0.1, 0.15) is 0 Å². The van der Waals surface area contributed by atoms with Crippen LogP contribution < -0.4 is 0 Å². The molecule has 0 aliphatic heterocycles. The van der Waals surface area contributed by atoms with E-state index in [-0.39, 0.29) is 12.1 Å². The molecule has 0 saturated heterocycles. The van der Waals surface area contributed by atoms with Crippen molar-refractivity contribution in [3.63, 3.8) is 0 Å². The van der Waals surface area contributed by atoms with Crippen molar-refractivity contribution >= 4 is 0 Å². The van der Waals surface area contributed by atoms with Crippen LogP contribution in [-0.2, 0) is 13.1 Å². The normalized spacial score (nSPS) is 21.0. The minimum atomic E-state index is -0.294. The molecule has 0 heterocycles. The first-order valence-electron chi connectivity index (χ1n) is 7.49. The smallest absolute Gasteiger partial charge is 0.0765 e. The van der Waals surface area contributed by atoms with Gasteiger partial charge in [-0.2, -0.15) is 0 Å². The molecule has 2 atom stereocenters. The zero-order valence-corrected chi connectivity index (χ0v) is 12.1. The summed E-state index contributed by atoms with van der Waals surface area (Å²) < 4.78 is 0. The van der Waals surface area contributed by atoms with Gasteiger partial charge in [-0.3, -0.25) is 4.90 Å². The number of rotatable bonds is 5. The molecule has 1 N–H and O–H groups in total. The van der Waals surface area contributed by atoms with Gasteiger partial charge in [-0.05, 0) is 17.5 Å². The van der Waals surface area contributed by atoms with Crippen LogP contribution >= 0.6 is 0 Å². The summed E-state index contributed by atoms with van der Waals surface area (Å²) in [7, 11) is 0. The van der Waals surface area contributed by atoms with Crippen LogP contribution in [0.15, 0.2) is 72.8 Å². The highest BCUT2D eigenvalue weighted by molar-refractivity contribution is 5.19. The number of aliphatic hydroxyl groups excluding tert-OH is 1. The molecule has 2 aromatic carbocycles. The molecule has 1 aliphatic carbocycles. The third kappa shape index (κ3) is 3.60. The molecule has 2 nitrogen and oxygen atoms in total. The summed E-state index contributed by atoms with van der Waals surface area (Å²) in [6.45, 7) is 1.70. The maximum absolute atomic E-state index is 10.2. The molecular formula is C19H21NO. The van der Waals surface area contributed by atoms with Crippen molar-refractivity contribution < 1.29 is 5.11 Å². The van der Waals surface area contributed by atoms with Crippen LogP contribution in [0.1, 0.15) is 17.5 Å². The summed E-state index contributed by atoms with van der Waals surface area (Å²) in [6.07, 6.45) is 4.68. The predicted octanol–water partition coefficient (Wildman–Crippen LogP) is 3.38. The lowest BCUT2D eigenvalue weighted by molar-refractivity contribution is 0.0754. The zero-order valence-electron chi connectivity index (χ0n) is 12.1. The lowest BCUT2D eigenvalue weighted by atomic mass is 10.1. The van der Waals surface area contributed by atoms with Crippen LogP contribution in [0, 0.1) is 0 Å². The summed E-state index contributed by atoms with van der Waals surface area (Å²) in [5.74, 6) is 0. The maximum atomic E-state index is 10.2. The molecule has 0 unspecified atom stereocenters. The Morgan fingerprint density at radius 3 is 1.81 bits per heavy atom. The lowest BCUT2D eigenvalue weighted by Gasteiger charge is -2.30. The second kappa shape index (κ2) is 6.70. The maximum Gasteiger partial charge on any atom is 0.0765 e. The van der Waals surface area contributed by atoms with Gasteiger partial charge in [-0.1, -0.05) is 72.8 Å². The Morgan fingerprint density at radius 2 is 1.38 bits per heavy atom. The third-order valence-corrected chi connectivity index (χ3v) is 3.98. The van der Waals surface area contributed by atoms with Gasteiger partial charge in [0.2, 0.25) is 0 Å². The molecule has 3 rings (SSSR count). The van der Waals surface area contributed by atoms with Gasteiger partial charge in [0.05, 0.1) is 12.1 Å². The van der Waals surface area contributed by atoms with E-state index in [1.165, 1.54) is 11.1 Å². The Balaban J connectivity index is 1.79. The summed E-state index contributed by atoms with van der Waals surface area (Å²) >= 11 is 0. The monoisotopic (exact) mass is 279 g/mol. The average molecular weight is 279 g/mol. The van der Waals surface area contributed by atoms with Crippen LogP contribution in [0.25, 0.3) is 0 Å². The van der Waals surface area contributed by atoms with Gasteiger partial charge in [0, 0.05) is 13.1 Å². The van der Waals surface area contributed by atoms with Crippen molar-refractivity contribution in [1.29, 1.82) is 0 Å². The molecule has 108 valence electrons. The molecule has 0 bridgehead atoms. The first kappa shape index (κ1) is 14.1. The standard InChI is InChI=1S/C19H21NO/c21-19-13-7-12-18(19)20(14-16-8-3-1-4-9-16)15-17-10-5-2-6-11-17/h1-12,18-19,21H,13-15H2/t18-,19+/m1/s1. The van der Waals surface area contributed by atoms with E-state index >= 15 is 0 Å². The molecule has 2 heteroatoms. The van der Waals surface area contributed by atoms with Crippen LogP contribution in [0.3, 0.4) is 0 Å². The quantitative estimate of drug-likeness (QED) is 0.848. The Hall–Kier alpha value is -1.90. The van der Waals surface area contributed by atoms with E-state index < -0.39 is 0 Å². The summed E-state index contributed by atoms with van der Waals surface area (Å²) in [5.41, 5.74) is 2.56. The van der Waals surface area contributed by atoms with Crippen LogP contribution in [-0.4, -0.2) is 22.2 Å². The zero-order chi connectivity index (χ0) is 14.5. The number of nitrogens with zero attached hydrogens (tertiary/aromatic N) is 1. The Kier molecular flexibility index (Phi) is 4.49. The van der Waals surface area contributed by atoms with Gasteiger partial charge in [0.15, 0.2) is 0 Å². The van der Waals surface area contributed by atoms with Gasteiger partial charge in [-0.15, -0.1) is 0 Å². The first-order chi connectivity index (χ1) is 10.3. The fourth-order valence-corrected chi connectivity index (χ4v) is 2.89. The first-order valence-corrected chi connectivity index (χ1v) is 7.49. The SMILES string of the molecule is O[C@H]1CC=C[C@H]1N(Cc1ccccc1)Cc1ccccc1. The molecule has 2 aromatic rings. The van der Waals surface area contributed by atoms with E-state index in [2.05, 4.69) is 65.6 Å². The van der Waals surface area contributed by atoms with E-state index in [9.17, 15) is 5.11 Å². The van der Waals surface area contributed by atoms with Crippen molar-refractivity contribution in [2.75, 3.05) is 0 Å². The highest BCUT2D eigenvalue weighted by Crippen LogP contribution is 2.22. The highest BCUT2D eigenvalue weighted by Gasteiger charge is 2.26. The van der Waals surface area contributed by atoms with Crippen LogP contribution in [0.4, 0.5) is 0 Å². The third-order valence-electron chi connectivity index (χ3n) is 3.98. The lowest BCUT2D eigenvalue weighted by Crippen LogP contribution is -2.39. The van der Waals surface area contributed by atoms with Crippen LogP contribution in [0.5, 0.6) is 0 Å². The molecule has 0 spiro atoms. The highest BCUT2D eigenvalue weighted by atomic mass is 16.3. The Labute approximate surface area is 126 Å². The number of hydrogen-bond acceptors (Lipinski definition) is 2. The van der Waals surface area contributed by atoms with Crippen molar-refractivity contribution in [2.45, 2.75) is 31.7 Å². The minimum Gasteiger partial charge on any atom is -0.391 e. The summed E-state index contributed by atoms with van der Waals surface area (Å²) in [6, 6.07) is 21.0. The van der Waals surface area contributed by atoms with E-state index in [1.807, 2.05) is 12.1 Å². The number of benzene rings is 2. The predicted molar refractivity (Wildman–Crippen MR) is 85.7 cm³/mol. The topological polar surface area (TPSA) is 23.5 Å². The van der Waals surface area contributed by atoms with Crippen LogP contribution in [0.2, 0.25) is 0 Å². The molecule has 1 aliphatic rings. The van der Waals surface area contributed by atoms with Gasteiger partial charge in [-0.25, -0.2) is 0 Å². The molecule has 0 radical (unpaired) electrons.